The van der Waals surface area contributed by atoms with Crippen LogP contribution >= 0.6 is 0 Å². The number of hydrogen-bond acceptors (Lipinski definition) is 5. The average Bonchev–Trinajstić information content (AvgIpc) is 2.64. The molecule has 0 spiro atoms. The summed E-state index contributed by atoms with van der Waals surface area (Å²) in [5.74, 6) is 0. The molecule has 1 aromatic carbocycles. The molecule has 0 amide bonds. The fourth-order valence-electron chi connectivity index (χ4n) is 4.42. The monoisotopic (exact) mass is 363 g/mol. The lowest BCUT2D eigenvalue weighted by atomic mass is 9.48. The van der Waals surface area contributed by atoms with Crippen molar-refractivity contribution in [2.45, 2.75) is 24.1 Å². The minimum absolute atomic E-state index is 0.216. The van der Waals surface area contributed by atoms with Crippen LogP contribution in [0.4, 0.5) is 11.4 Å². The molecule has 27 heavy (non-hydrogen) atoms. The van der Waals surface area contributed by atoms with Crippen molar-refractivity contribution in [3.05, 3.63) is 11.6 Å². The van der Waals surface area contributed by atoms with Gasteiger partial charge in [0.15, 0.2) is 6.29 Å². The van der Waals surface area contributed by atoms with Crippen LogP contribution in [0.5, 0.6) is 0 Å². The van der Waals surface area contributed by atoms with Crippen LogP contribution in [0.25, 0.3) is 0 Å². The normalized spacial score (nSPS) is 19.8. The fraction of sp³-hybridized carbons (Fsp3) is 0.588. The second-order valence-corrected chi connectivity index (χ2v) is 8.93. The maximum absolute atomic E-state index is 11.7. The minimum atomic E-state index is 0.216. The summed E-state index contributed by atoms with van der Waals surface area (Å²) < 4.78 is 5.48. The molecule has 3 rings (SSSR count). The first-order valence-electron chi connectivity index (χ1n) is 10.2. The van der Waals surface area contributed by atoms with Crippen molar-refractivity contribution in [2.24, 2.45) is 0 Å². The molecule has 2 aliphatic heterocycles. The maximum Gasteiger partial charge on any atom is 0.152 e. The van der Waals surface area contributed by atoms with Gasteiger partial charge in [0.1, 0.15) is 39.2 Å². The molecular weight excluding hydrogens is 332 g/mol. The summed E-state index contributed by atoms with van der Waals surface area (Å²) in [7, 11) is 11.1. The van der Waals surface area contributed by atoms with Gasteiger partial charge in [-0.15, -0.1) is 0 Å². The van der Waals surface area contributed by atoms with Gasteiger partial charge >= 0.3 is 0 Å². The van der Waals surface area contributed by atoms with E-state index in [2.05, 4.69) is 54.3 Å². The lowest BCUT2D eigenvalue weighted by Gasteiger charge is -2.44. The van der Waals surface area contributed by atoms with Crippen LogP contribution in [0.1, 0.15) is 23.2 Å². The lowest BCUT2D eigenvalue weighted by molar-refractivity contribution is 0.0904. The predicted molar refractivity (Wildman–Crippen MR) is 128 cm³/mol. The van der Waals surface area contributed by atoms with E-state index in [-0.39, 0.29) is 5.24 Å². The molecule has 0 unspecified atom stereocenters. The first-order chi connectivity index (χ1) is 12.8. The Balaban J connectivity index is 1.85. The fourth-order valence-corrected chi connectivity index (χ4v) is 4.42. The summed E-state index contributed by atoms with van der Waals surface area (Å²) >= 11 is 0. The van der Waals surface area contributed by atoms with Gasteiger partial charge in [-0.25, -0.2) is 0 Å². The van der Waals surface area contributed by atoms with Gasteiger partial charge in [-0.05, 0) is 18.3 Å². The molecule has 5 nitrogen and oxygen atoms in total. The number of ether oxygens (including phenoxy) is 1. The van der Waals surface area contributed by atoms with Gasteiger partial charge in [0.25, 0.3) is 0 Å². The smallest absolute Gasteiger partial charge is 0.152 e. The number of carbonyl (C=O) groups is 1. The zero-order valence-electron chi connectivity index (χ0n) is 17.6. The summed E-state index contributed by atoms with van der Waals surface area (Å²) in [6, 6.07) is 2.43. The van der Waals surface area contributed by atoms with E-state index < -0.39 is 0 Å². The number of carbonyl (C=O) groups excluding carboxylic acids is 1. The molecule has 2 saturated heterocycles. The number of nitrogens with zero attached hydrogens (tertiary/aromatic N) is 2. The number of nitrogens with one attached hydrogen (secondary N) is 1. The summed E-state index contributed by atoms with van der Waals surface area (Å²) in [6.07, 6.45) is 2.97. The minimum Gasteiger partial charge on any atom is -0.382 e. The molecule has 0 radical (unpaired) electrons. The molecule has 1 aromatic rings. The van der Waals surface area contributed by atoms with Crippen molar-refractivity contribution >= 4 is 67.8 Å². The molecule has 10 heteroatoms. The van der Waals surface area contributed by atoms with Crippen molar-refractivity contribution < 1.29 is 9.53 Å². The van der Waals surface area contributed by atoms with Gasteiger partial charge in [0.2, 0.25) is 0 Å². The Morgan fingerprint density at radius 2 is 1.74 bits per heavy atom. The molecule has 1 N–H and O–H groups in total. The molecule has 0 bridgehead atoms. The van der Waals surface area contributed by atoms with Crippen LogP contribution < -0.4 is 21.1 Å². The number of anilines is 2. The Morgan fingerprint density at radius 1 is 1.11 bits per heavy atom. The average molecular weight is 363 g/mol. The summed E-state index contributed by atoms with van der Waals surface area (Å²) in [5, 5.41) is 3.88. The molecule has 140 valence electrons. The number of hydrogen-bond donors (Lipinski definition) is 1. The van der Waals surface area contributed by atoms with Crippen LogP contribution in [-0.4, -0.2) is 101 Å². The van der Waals surface area contributed by atoms with E-state index in [0.717, 1.165) is 69.8 Å². The van der Waals surface area contributed by atoms with Gasteiger partial charge in [-0.1, -0.05) is 16.8 Å². The number of piperazine rings is 1. The van der Waals surface area contributed by atoms with Crippen LogP contribution in [0, 0.1) is 0 Å². The number of rotatable bonds is 5. The van der Waals surface area contributed by atoms with Crippen molar-refractivity contribution in [1.82, 2.24) is 4.90 Å². The predicted octanol–water partition coefficient (Wildman–Crippen LogP) is -4.76. The third-order valence-corrected chi connectivity index (χ3v) is 6.01. The quantitative estimate of drug-likeness (QED) is 0.421. The SMILES string of the molecule is Bc1cc(C=O)c(NC2CCOCC2)c(B)c1N1CCN(C(B)(B)B)CC1. The summed E-state index contributed by atoms with van der Waals surface area (Å²) in [5.41, 5.74) is 5.47. The Kier molecular flexibility index (Phi) is 6.37. The highest BCUT2D eigenvalue weighted by Gasteiger charge is 2.28. The first-order valence-corrected chi connectivity index (χ1v) is 10.2. The lowest BCUT2D eigenvalue weighted by Crippen LogP contribution is -2.59. The Hall–Kier alpha value is -1.27. The van der Waals surface area contributed by atoms with E-state index in [9.17, 15) is 4.79 Å². The zero-order valence-corrected chi connectivity index (χ0v) is 17.6. The Labute approximate surface area is 168 Å². The molecule has 2 fully saturated rings. The van der Waals surface area contributed by atoms with Gasteiger partial charge in [0.05, 0.1) is 0 Å². The van der Waals surface area contributed by atoms with Crippen LogP contribution in [0.3, 0.4) is 0 Å². The Bertz CT molecular complexity index is 684. The molecular formula is C17H30B5N3O2. The van der Waals surface area contributed by atoms with Crippen molar-refractivity contribution in [2.75, 3.05) is 49.6 Å². The topological polar surface area (TPSA) is 44.8 Å². The second-order valence-electron chi connectivity index (χ2n) is 8.93. The van der Waals surface area contributed by atoms with Crippen LogP contribution in [0.15, 0.2) is 6.07 Å². The van der Waals surface area contributed by atoms with E-state index in [0.29, 0.717) is 6.04 Å². The van der Waals surface area contributed by atoms with Gasteiger partial charge in [-0.3, -0.25) is 4.79 Å². The number of aldehydes is 1. The third-order valence-electron chi connectivity index (χ3n) is 6.01. The molecule has 0 aromatic heterocycles. The van der Waals surface area contributed by atoms with Crippen LogP contribution in [0.2, 0.25) is 0 Å². The van der Waals surface area contributed by atoms with Gasteiger partial charge < -0.3 is 19.9 Å². The summed E-state index contributed by atoms with van der Waals surface area (Å²) in [4.78, 5) is 16.8. The van der Waals surface area contributed by atoms with Gasteiger partial charge in [0, 0.05) is 62.4 Å². The zero-order chi connectivity index (χ0) is 19.6. The molecule has 0 aliphatic carbocycles. The van der Waals surface area contributed by atoms with E-state index in [4.69, 9.17) is 4.74 Å². The highest BCUT2D eigenvalue weighted by Crippen LogP contribution is 2.22. The first kappa shape index (κ1) is 20.5. The summed E-state index contributed by atoms with van der Waals surface area (Å²) in [6.45, 7) is 5.77. The van der Waals surface area contributed by atoms with E-state index in [1.54, 1.807) is 0 Å². The van der Waals surface area contributed by atoms with E-state index in [1.165, 1.54) is 16.6 Å². The molecule has 2 heterocycles. The van der Waals surface area contributed by atoms with Gasteiger partial charge in [-0.2, -0.15) is 0 Å². The Morgan fingerprint density at radius 3 is 2.30 bits per heavy atom. The second kappa shape index (κ2) is 8.40. The van der Waals surface area contributed by atoms with Crippen molar-refractivity contribution in [3.8, 4) is 0 Å². The third kappa shape index (κ3) is 4.60. The number of benzene rings is 1. The van der Waals surface area contributed by atoms with E-state index in [1.807, 2.05) is 6.07 Å². The molecule has 2 aliphatic rings. The van der Waals surface area contributed by atoms with Crippen molar-refractivity contribution in [3.63, 3.8) is 0 Å². The molecule has 0 atom stereocenters. The van der Waals surface area contributed by atoms with E-state index >= 15 is 0 Å². The highest BCUT2D eigenvalue weighted by atomic mass is 16.5. The largest absolute Gasteiger partial charge is 0.382 e. The standard InChI is InChI=1S/C17H30B5N3O2/c18-13-9-11(10-26)15(23-12-1-7-27-8-2-12)14(19)16(13)24-3-5-25(6-4-24)17(20,21)22/h9-10,12,23H,1-8,18-22H2. The van der Waals surface area contributed by atoms with Crippen molar-refractivity contribution in [1.29, 1.82) is 0 Å². The maximum atomic E-state index is 11.7. The molecule has 0 saturated carbocycles. The van der Waals surface area contributed by atoms with Crippen LogP contribution in [-0.2, 0) is 4.74 Å². The highest BCUT2D eigenvalue weighted by molar-refractivity contribution is 6.59.